The van der Waals surface area contributed by atoms with Crippen LogP contribution in [0.25, 0.3) is 0 Å². The van der Waals surface area contributed by atoms with Gasteiger partial charge in [-0.1, -0.05) is 108 Å². The Morgan fingerprint density at radius 2 is 1.75 bits per heavy atom. The lowest BCUT2D eigenvalue weighted by atomic mass is 9.82. The first-order chi connectivity index (χ1) is 13.7. The van der Waals surface area contributed by atoms with Crippen molar-refractivity contribution in [2.75, 3.05) is 0 Å². The first-order valence-electron chi connectivity index (χ1n) is 10.2. The molecule has 0 heterocycles. The quantitative estimate of drug-likeness (QED) is 0.449. The van der Waals surface area contributed by atoms with Crippen molar-refractivity contribution in [1.29, 1.82) is 0 Å². The van der Waals surface area contributed by atoms with Crippen LogP contribution < -0.4 is 0 Å². The molecule has 0 bridgehead atoms. The van der Waals surface area contributed by atoms with E-state index in [4.69, 9.17) is 0 Å². The van der Waals surface area contributed by atoms with Crippen molar-refractivity contribution < 1.29 is 0 Å². The molecule has 2 aliphatic carbocycles. The molecule has 0 aliphatic heterocycles. The topological polar surface area (TPSA) is 0 Å². The first-order valence-corrected chi connectivity index (χ1v) is 10.2. The lowest BCUT2D eigenvalue weighted by Crippen LogP contribution is -2.05. The van der Waals surface area contributed by atoms with E-state index in [0.717, 1.165) is 25.7 Å². The molecule has 0 saturated carbocycles. The van der Waals surface area contributed by atoms with E-state index in [1.54, 1.807) is 0 Å². The van der Waals surface area contributed by atoms with E-state index in [9.17, 15) is 0 Å². The van der Waals surface area contributed by atoms with Crippen molar-refractivity contribution in [2.24, 2.45) is 0 Å². The molecule has 140 valence electrons. The van der Waals surface area contributed by atoms with Gasteiger partial charge in [0.05, 0.1) is 0 Å². The molecule has 2 aromatic carbocycles. The van der Waals surface area contributed by atoms with Gasteiger partial charge in [-0.15, -0.1) is 0 Å². The van der Waals surface area contributed by atoms with Gasteiger partial charge in [-0.05, 0) is 54.9 Å². The minimum absolute atomic E-state index is 0.388. The fourth-order valence-electron chi connectivity index (χ4n) is 4.21. The van der Waals surface area contributed by atoms with Gasteiger partial charge < -0.3 is 0 Å². The Morgan fingerprint density at radius 1 is 0.964 bits per heavy atom. The maximum atomic E-state index is 4.36. The normalized spacial score (nSPS) is 18.0. The number of aryl methyl sites for hydroxylation is 1. The van der Waals surface area contributed by atoms with Gasteiger partial charge in [-0.2, -0.15) is 0 Å². The molecule has 0 amide bonds. The van der Waals surface area contributed by atoms with E-state index in [2.05, 4.69) is 98.5 Å². The average Bonchev–Trinajstić information content (AvgIpc) is 3.38. The van der Waals surface area contributed by atoms with Gasteiger partial charge in [-0.25, -0.2) is 0 Å². The Hall–Kier alpha value is -2.86. The summed E-state index contributed by atoms with van der Waals surface area (Å²) in [4.78, 5) is 0. The number of allylic oxidation sites excluding steroid dienone is 9. The zero-order chi connectivity index (χ0) is 19.3. The third kappa shape index (κ3) is 4.17. The van der Waals surface area contributed by atoms with Crippen molar-refractivity contribution in [3.63, 3.8) is 0 Å². The van der Waals surface area contributed by atoms with Crippen molar-refractivity contribution in [2.45, 2.75) is 38.5 Å². The first kappa shape index (κ1) is 18.5. The molecular formula is C28H28. The zero-order valence-electron chi connectivity index (χ0n) is 16.7. The Kier molecular flexibility index (Phi) is 5.58. The van der Waals surface area contributed by atoms with Gasteiger partial charge in [-0.3, -0.25) is 0 Å². The Bertz CT molecular complexity index is 962. The molecule has 1 unspecified atom stereocenters. The summed E-state index contributed by atoms with van der Waals surface area (Å²) in [6.07, 6.45) is 15.5. The van der Waals surface area contributed by atoms with Crippen LogP contribution in [-0.4, -0.2) is 0 Å². The van der Waals surface area contributed by atoms with Crippen LogP contribution >= 0.6 is 0 Å². The second-order valence-corrected chi connectivity index (χ2v) is 7.94. The fourth-order valence-corrected chi connectivity index (χ4v) is 4.21. The average molecular weight is 365 g/mol. The molecule has 0 heteroatoms. The van der Waals surface area contributed by atoms with E-state index < -0.39 is 0 Å². The number of rotatable bonds is 7. The van der Waals surface area contributed by atoms with E-state index in [-0.39, 0.29) is 0 Å². The highest BCUT2D eigenvalue weighted by Crippen LogP contribution is 2.43. The summed E-state index contributed by atoms with van der Waals surface area (Å²) in [5.74, 6) is 0.388. The lowest BCUT2D eigenvalue weighted by Gasteiger charge is -2.22. The van der Waals surface area contributed by atoms with Crippen LogP contribution in [0.2, 0.25) is 0 Å². The summed E-state index contributed by atoms with van der Waals surface area (Å²) < 4.78 is 0. The van der Waals surface area contributed by atoms with Gasteiger partial charge in [0, 0.05) is 5.92 Å². The number of benzene rings is 2. The minimum Gasteiger partial charge on any atom is -0.0995 e. The van der Waals surface area contributed by atoms with Crippen molar-refractivity contribution in [3.05, 3.63) is 131 Å². The van der Waals surface area contributed by atoms with Crippen LogP contribution in [0.3, 0.4) is 0 Å². The van der Waals surface area contributed by atoms with Crippen LogP contribution in [0.4, 0.5) is 0 Å². The Balaban J connectivity index is 1.44. The molecule has 0 saturated heterocycles. The molecule has 0 nitrogen and oxygen atoms in total. The molecule has 0 fully saturated rings. The van der Waals surface area contributed by atoms with Crippen LogP contribution in [0, 0.1) is 6.92 Å². The van der Waals surface area contributed by atoms with Crippen molar-refractivity contribution in [3.8, 4) is 0 Å². The molecule has 28 heavy (non-hydrogen) atoms. The summed E-state index contributed by atoms with van der Waals surface area (Å²) in [6.45, 7) is 6.50. The van der Waals surface area contributed by atoms with Crippen LogP contribution in [-0.2, 0) is 6.42 Å². The number of hydrogen-bond acceptors (Lipinski definition) is 0. The van der Waals surface area contributed by atoms with E-state index in [1.165, 1.54) is 39.0 Å². The summed E-state index contributed by atoms with van der Waals surface area (Å²) in [5, 5.41) is 0. The van der Waals surface area contributed by atoms with Gasteiger partial charge in [0.2, 0.25) is 0 Å². The molecular weight excluding hydrogens is 336 g/mol. The Labute approximate surface area is 169 Å². The molecule has 0 radical (unpaired) electrons. The largest absolute Gasteiger partial charge is 0.0995 e. The van der Waals surface area contributed by atoms with Crippen LogP contribution in [0.5, 0.6) is 0 Å². The molecule has 2 aromatic rings. The third-order valence-electron chi connectivity index (χ3n) is 5.78. The van der Waals surface area contributed by atoms with Gasteiger partial charge in [0.1, 0.15) is 0 Å². The van der Waals surface area contributed by atoms with Crippen molar-refractivity contribution in [1.82, 2.24) is 0 Å². The highest BCUT2D eigenvalue weighted by atomic mass is 14.3. The summed E-state index contributed by atoms with van der Waals surface area (Å²) in [7, 11) is 0. The standard InChI is InChI=1S/C28H28/c1-21-12-15-23(16-13-21)20-22(2)14-17-26-18-19-27(24-8-6-7-9-24)28(26)25-10-4-3-5-11-25/h3-8,10-13,15-16,18-19,28H,2,9,14,17,20H2,1H3. The Morgan fingerprint density at radius 3 is 2.46 bits per heavy atom. The predicted molar refractivity (Wildman–Crippen MR) is 120 cm³/mol. The molecule has 4 rings (SSSR count). The SMILES string of the molecule is C=C(CCC1=CC=C(C2=CC=CC2)C1c1ccccc1)Cc1ccc(C)cc1. The summed E-state index contributed by atoms with van der Waals surface area (Å²) >= 11 is 0. The van der Waals surface area contributed by atoms with Crippen LogP contribution in [0.1, 0.15) is 41.9 Å². The molecule has 0 aromatic heterocycles. The second-order valence-electron chi connectivity index (χ2n) is 7.94. The minimum atomic E-state index is 0.388. The molecule has 1 atom stereocenters. The van der Waals surface area contributed by atoms with Gasteiger partial charge in [0.15, 0.2) is 0 Å². The highest BCUT2D eigenvalue weighted by molar-refractivity contribution is 5.56. The van der Waals surface area contributed by atoms with E-state index in [0.29, 0.717) is 5.92 Å². The maximum absolute atomic E-state index is 4.36. The predicted octanol–water partition coefficient (Wildman–Crippen LogP) is 7.41. The highest BCUT2D eigenvalue weighted by Gasteiger charge is 2.26. The smallest absolute Gasteiger partial charge is 0.0304 e. The van der Waals surface area contributed by atoms with Crippen LogP contribution in [0.15, 0.2) is 114 Å². The summed E-state index contributed by atoms with van der Waals surface area (Å²) in [5.41, 5.74) is 9.82. The molecule has 0 N–H and O–H groups in total. The maximum Gasteiger partial charge on any atom is 0.0304 e. The van der Waals surface area contributed by atoms with E-state index >= 15 is 0 Å². The monoisotopic (exact) mass is 364 g/mol. The third-order valence-corrected chi connectivity index (χ3v) is 5.78. The van der Waals surface area contributed by atoms with Gasteiger partial charge in [0.25, 0.3) is 0 Å². The molecule has 0 spiro atoms. The summed E-state index contributed by atoms with van der Waals surface area (Å²) in [6, 6.07) is 19.8. The molecule has 2 aliphatic rings. The fraction of sp³-hybridized carbons (Fsp3) is 0.214. The second kappa shape index (κ2) is 8.44. The van der Waals surface area contributed by atoms with Crippen molar-refractivity contribution >= 4 is 0 Å². The zero-order valence-corrected chi connectivity index (χ0v) is 16.7. The van der Waals surface area contributed by atoms with E-state index in [1.807, 2.05) is 0 Å². The number of hydrogen-bond donors (Lipinski definition) is 0. The van der Waals surface area contributed by atoms with Gasteiger partial charge >= 0.3 is 0 Å². The lowest BCUT2D eigenvalue weighted by molar-refractivity contribution is 0.814.